The van der Waals surface area contributed by atoms with Crippen LogP contribution in [0.25, 0.3) is 0 Å². The summed E-state index contributed by atoms with van der Waals surface area (Å²) in [5.74, 6) is -1.31. The number of halogens is 3. The van der Waals surface area contributed by atoms with Gasteiger partial charge in [-0.1, -0.05) is 15.9 Å². The zero-order valence-corrected chi connectivity index (χ0v) is 13.4. The van der Waals surface area contributed by atoms with Crippen LogP contribution in [-0.4, -0.2) is 10.8 Å². The predicted octanol–water partition coefficient (Wildman–Crippen LogP) is 4.51. The Morgan fingerprint density at radius 1 is 1.19 bits per heavy atom. The number of hydrogen-bond donors (Lipinski definition) is 1. The first kappa shape index (κ1) is 15.6. The lowest BCUT2D eigenvalue weighted by Crippen LogP contribution is -2.13. The minimum Gasteiger partial charge on any atom is -0.322 e. The molecule has 108 valence electrons. The molecule has 21 heavy (non-hydrogen) atoms. The number of nitrogens with zero attached hydrogens (tertiary/aromatic N) is 1. The second kappa shape index (κ2) is 6.31. The Morgan fingerprint density at radius 2 is 1.90 bits per heavy atom. The van der Waals surface area contributed by atoms with Gasteiger partial charge in [-0.05, 0) is 40.2 Å². The largest absolute Gasteiger partial charge is 0.322 e. The van der Waals surface area contributed by atoms with Crippen LogP contribution in [0.15, 0.2) is 45.3 Å². The van der Waals surface area contributed by atoms with Crippen molar-refractivity contribution in [3.63, 3.8) is 0 Å². The van der Waals surface area contributed by atoms with Gasteiger partial charge < -0.3 is 5.32 Å². The van der Waals surface area contributed by atoms with Gasteiger partial charge in [-0.15, -0.1) is 0 Å². The Kier molecular flexibility index (Phi) is 4.69. The highest BCUT2D eigenvalue weighted by Crippen LogP contribution is 2.24. The van der Waals surface area contributed by atoms with Gasteiger partial charge in [0.05, 0.1) is 22.2 Å². The smallest absolute Gasteiger partial charge is 0.274 e. The molecule has 2 aromatic rings. The van der Waals surface area contributed by atoms with E-state index in [0.717, 1.165) is 18.2 Å². The van der Waals surface area contributed by atoms with E-state index in [1.807, 2.05) is 0 Å². The number of carbonyl (C=O) groups excluding carboxylic acids is 1. The third-order valence-electron chi connectivity index (χ3n) is 2.52. The molecule has 0 unspecified atom stereocenters. The molecule has 0 saturated heterocycles. The van der Waals surface area contributed by atoms with Gasteiger partial charge in [-0.2, -0.15) is 0 Å². The highest BCUT2D eigenvalue weighted by Gasteiger charge is 2.14. The fourth-order valence-electron chi connectivity index (χ4n) is 1.62. The van der Waals surface area contributed by atoms with Crippen LogP contribution in [0.3, 0.4) is 0 Å². The van der Waals surface area contributed by atoms with Crippen LogP contribution >= 0.6 is 31.9 Å². The molecule has 0 bridgehead atoms. The van der Waals surface area contributed by atoms with Crippen molar-refractivity contribution in [1.29, 1.82) is 0 Å². The number of benzene rings is 2. The van der Waals surface area contributed by atoms with Crippen molar-refractivity contribution < 1.29 is 14.1 Å². The lowest BCUT2D eigenvalue weighted by molar-refractivity contribution is -0.385. The van der Waals surface area contributed by atoms with Crippen LogP contribution in [0.4, 0.5) is 15.8 Å². The lowest BCUT2D eigenvalue weighted by atomic mass is 10.2. The molecule has 8 heteroatoms. The normalized spacial score (nSPS) is 10.2. The number of nitrogens with one attached hydrogen (secondary N) is 1. The number of hydrogen-bond acceptors (Lipinski definition) is 3. The Morgan fingerprint density at radius 3 is 2.57 bits per heavy atom. The van der Waals surface area contributed by atoms with E-state index in [4.69, 9.17) is 0 Å². The number of anilines is 1. The van der Waals surface area contributed by atoms with Gasteiger partial charge in [0, 0.05) is 15.0 Å². The molecular weight excluding hydrogens is 411 g/mol. The fourth-order valence-corrected chi connectivity index (χ4v) is 2.41. The highest BCUT2D eigenvalue weighted by molar-refractivity contribution is 9.11. The van der Waals surface area contributed by atoms with Gasteiger partial charge in [0.1, 0.15) is 5.82 Å². The van der Waals surface area contributed by atoms with Crippen LogP contribution in [0.1, 0.15) is 10.4 Å². The second-order valence-corrected chi connectivity index (χ2v) is 5.80. The minimum absolute atomic E-state index is 0.0126. The number of carbonyl (C=O) groups is 1. The first-order valence-electron chi connectivity index (χ1n) is 5.58. The molecule has 1 amide bonds. The van der Waals surface area contributed by atoms with Crippen molar-refractivity contribution in [2.24, 2.45) is 0 Å². The summed E-state index contributed by atoms with van der Waals surface area (Å²) < 4.78 is 14.6. The first-order valence-corrected chi connectivity index (χ1v) is 7.17. The maximum atomic E-state index is 13.3. The Bertz CT molecular complexity index is 737. The van der Waals surface area contributed by atoms with Crippen molar-refractivity contribution in [2.45, 2.75) is 0 Å². The van der Waals surface area contributed by atoms with Crippen LogP contribution in [-0.2, 0) is 0 Å². The van der Waals surface area contributed by atoms with E-state index in [9.17, 15) is 19.3 Å². The van der Waals surface area contributed by atoms with Gasteiger partial charge in [0.15, 0.2) is 0 Å². The molecule has 0 saturated carbocycles. The first-order chi connectivity index (χ1) is 9.86. The number of nitro groups is 1. The standard InChI is InChI=1S/C13H7Br2FN2O3/c14-7-1-2-12(15)11(3-7)13(19)17-9-4-8(16)5-10(6-9)18(20)21/h1-6H,(H,17,19). The molecule has 0 radical (unpaired) electrons. The van der Waals surface area contributed by atoms with Crippen LogP contribution in [0.2, 0.25) is 0 Å². The van der Waals surface area contributed by atoms with Crippen LogP contribution in [0.5, 0.6) is 0 Å². The lowest BCUT2D eigenvalue weighted by Gasteiger charge is -2.07. The van der Waals surface area contributed by atoms with Gasteiger partial charge in [0.2, 0.25) is 0 Å². The monoisotopic (exact) mass is 416 g/mol. The summed E-state index contributed by atoms with van der Waals surface area (Å²) in [6.45, 7) is 0. The van der Waals surface area contributed by atoms with E-state index in [-0.39, 0.29) is 5.69 Å². The van der Waals surface area contributed by atoms with Crippen molar-refractivity contribution in [3.05, 3.63) is 66.8 Å². The highest BCUT2D eigenvalue weighted by atomic mass is 79.9. The van der Waals surface area contributed by atoms with Crippen molar-refractivity contribution in [1.82, 2.24) is 0 Å². The molecule has 2 aromatic carbocycles. The number of rotatable bonds is 3. The molecule has 2 rings (SSSR count). The molecular formula is C13H7Br2FN2O3. The third-order valence-corrected chi connectivity index (χ3v) is 3.71. The third kappa shape index (κ3) is 3.85. The minimum atomic E-state index is -0.798. The average molecular weight is 418 g/mol. The molecule has 0 heterocycles. The van der Waals surface area contributed by atoms with Crippen molar-refractivity contribution in [2.75, 3.05) is 5.32 Å². The molecule has 0 fully saturated rings. The average Bonchev–Trinajstić information content (AvgIpc) is 2.40. The van der Waals surface area contributed by atoms with Gasteiger partial charge in [-0.3, -0.25) is 14.9 Å². The van der Waals surface area contributed by atoms with Crippen LogP contribution in [0, 0.1) is 15.9 Å². The zero-order valence-electron chi connectivity index (χ0n) is 10.3. The summed E-state index contributed by atoms with van der Waals surface area (Å²) in [6, 6.07) is 7.88. The molecule has 0 spiro atoms. The summed E-state index contributed by atoms with van der Waals surface area (Å²) in [5, 5.41) is 13.1. The molecule has 0 aromatic heterocycles. The predicted molar refractivity (Wildman–Crippen MR) is 82.8 cm³/mol. The van der Waals surface area contributed by atoms with E-state index in [1.54, 1.807) is 18.2 Å². The number of non-ortho nitro benzene ring substituents is 1. The summed E-state index contributed by atoms with van der Waals surface area (Å²) >= 11 is 6.47. The van der Waals surface area contributed by atoms with Crippen molar-refractivity contribution >= 4 is 49.1 Å². The quantitative estimate of drug-likeness (QED) is 0.589. The summed E-state index contributed by atoms with van der Waals surface area (Å²) in [4.78, 5) is 22.1. The molecule has 0 aliphatic rings. The molecule has 0 atom stereocenters. The maximum Gasteiger partial charge on any atom is 0.274 e. The Hall–Kier alpha value is -1.80. The number of nitro benzene ring substituents is 1. The number of amides is 1. The van der Waals surface area contributed by atoms with Crippen molar-refractivity contribution in [3.8, 4) is 0 Å². The zero-order chi connectivity index (χ0) is 15.6. The van der Waals surface area contributed by atoms with Gasteiger partial charge in [0.25, 0.3) is 11.6 Å². The van der Waals surface area contributed by atoms with E-state index in [2.05, 4.69) is 37.2 Å². The van der Waals surface area contributed by atoms with E-state index in [1.165, 1.54) is 0 Å². The summed E-state index contributed by atoms with van der Waals surface area (Å²) in [5.41, 5.74) is -0.103. The summed E-state index contributed by atoms with van der Waals surface area (Å²) in [7, 11) is 0. The molecule has 0 aliphatic carbocycles. The van der Waals surface area contributed by atoms with E-state index >= 15 is 0 Å². The van der Waals surface area contributed by atoms with Gasteiger partial charge >= 0.3 is 0 Å². The van der Waals surface area contributed by atoms with Gasteiger partial charge in [-0.25, -0.2) is 4.39 Å². The molecule has 0 aliphatic heterocycles. The second-order valence-electron chi connectivity index (χ2n) is 4.03. The topological polar surface area (TPSA) is 72.2 Å². The summed E-state index contributed by atoms with van der Waals surface area (Å²) in [6.07, 6.45) is 0. The maximum absolute atomic E-state index is 13.3. The molecule has 5 nitrogen and oxygen atoms in total. The van der Waals surface area contributed by atoms with E-state index < -0.39 is 22.3 Å². The van der Waals surface area contributed by atoms with Crippen LogP contribution < -0.4 is 5.32 Å². The Labute approximate surface area is 135 Å². The Balaban J connectivity index is 2.31. The van der Waals surface area contributed by atoms with E-state index in [0.29, 0.717) is 14.5 Å². The fraction of sp³-hybridized carbons (Fsp3) is 0. The SMILES string of the molecule is O=C(Nc1cc(F)cc([N+](=O)[O-])c1)c1cc(Br)ccc1Br. The molecule has 1 N–H and O–H groups in total.